The zero-order chi connectivity index (χ0) is 27.9. The van der Waals surface area contributed by atoms with Gasteiger partial charge in [0.25, 0.3) is 0 Å². The number of nitro groups is 1. The van der Waals surface area contributed by atoms with Crippen LogP contribution in [-0.2, 0) is 20.1 Å². The van der Waals surface area contributed by atoms with Gasteiger partial charge in [0.2, 0.25) is 10.0 Å². The number of rotatable bonds is 14. The normalized spacial score (nSPS) is 16.3. The topological polar surface area (TPSA) is 130 Å². The van der Waals surface area contributed by atoms with Gasteiger partial charge in [0, 0.05) is 56.7 Å². The molecule has 3 rings (SSSR count). The second-order valence-electron chi connectivity index (χ2n) is 8.67. The van der Waals surface area contributed by atoms with E-state index in [1.165, 1.54) is 27.9 Å². The van der Waals surface area contributed by atoms with Gasteiger partial charge < -0.3 is 14.0 Å². The molecule has 11 nitrogen and oxygen atoms in total. The van der Waals surface area contributed by atoms with Gasteiger partial charge in [-0.1, -0.05) is 11.3 Å². The Morgan fingerprint density at radius 3 is 2.21 bits per heavy atom. The molecule has 0 saturated carbocycles. The fourth-order valence-corrected chi connectivity index (χ4v) is 8.41. The van der Waals surface area contributed by atoms with Crippen molar-refractivity contribution in [2.45, 2.75) is 11.7 Å². The Balaban J connectivity index is 1.85. The van der Waals surface area contributed by atoms with Crippen molar-refractivity contribution in [3.8, 4) is 5.75 Å². The second kappa shape index (κ2) is 13.6. The Kier molecular flexibility index (Phi) is 11.0. The van der Waals surface area contributed by atoms with E-state index in [9.17, 15) is 26.9 Å². The van der Waals surface area contributed by atoms with Gasteiger partial charge >= 0.3 is 15.1 Å². The molecule has 0 amide bonds. The molecule has 0 radical (unpaired) electrons. The average molecular weight is 630 g/mol. The third-order valence-electron chi connectivity index (χ3n) is 6.15. The Hall–Kier alpha value is -1.68. The number of nitrogens with zero attached hydrogens (tertiary/aromatic N) is 4. The highest BCUT2D eigenvalue weighted by atomic mass is 35.5. The predicted octanol–water partition coefficient (Wildman–Crippen LogP) is 3.36. The number of likely N-dealkylation sites (N-methyl/N-ethyl adjacent to an activating group) is 1. The van der Waals surface area contributed by atoms with Crippen molar-refractivity contribution in [2.75, 3.05) is 68.7 Å². The van der Waals surface area contributed by atoms with E-state index in [0.717, 1.165) is 17.0 Å². The summed E-state index contributed by atoms with van der Waals surface area (Å²) in [6.45, 7) is 2.79. The number of halogens is 2. The van der Waals surface area contributed by atoms with Gasteiger partial charge in [-0.3, -0.25) is 10.1 Å². The van der Waals surface area contributed by atoms with Crippen molar-refractivity contribution in [3.05, 3.63) is 51.4 Å². The maximum absolute atomic E-state index is 13.4. The van der Waals surface area contributed by atoms with Crippen LogP contribution in [0.15, 0.2) is 35.7 Å². The molecule has 2 aromatic rings. The molecule has 38 heavy (non-hydrogen) atoms. The smallest absolute Gasteiger partial charge is 0.328 e. The van der Waals surface area contributed by atoms with Gasteiger partial charge in [-0.2, -0.15) is 12.7 Å². The van der Waals surface area contributed by atoms with E-state index >= 15 is 0 Å². The first kappa shape index (κ1) is 30.9. The Bertz CT molecular complexity index is 1280. The van der Waals surface area contributed by atoms with Crippen molar-refractivity contribution in [1.29, 1.82) is 0 Å². The average Bonchev–Trinajstić information content (AvgIpc) is 3.34. The fraction of sp³-hybridized carbons (Fsp3) is 0.545. The second-order valence-corrected chi connectivity index (χ2v) is 14.1. The number of benzene rings is 1. The van der Waals surface area contributed by atoms with Crippen molar-refractivity contribution >= 4 is 65.4 Å². The van der Waals surface area contributed by atoms with Gasteiger partial charge in [-0.25, -0.2) is 8.42 Å². The van der Waals surface area contributed by atoms with Crippen LogP contribution in [0.1, 0.15) is 17.2 Å². The highest BCUT2D eigenvalue weighted by Gasteiger charge is 2.38. The molecular weight excluding hydrogens is 599 g/mol. The predicted molar refractivity (Wildman–Crippen MR) is 151 cm³/mol. The third kappa shape index (κ3) is 7.93. The lowest BCUT2D eigenvalue weighted by Crippen LogP contribution is -2.47. The molecule has 0 aliphatic carbocycles. The number of anilines is 1. The minimum atomic E-state index is -4.51. The van der Waals surface area contributed by atoms with Crippen molar-refractivity contribution in [1.82, 2.24) is 9.21 Å². The minimum Gasteiger partial charge on any atom is -0.382 e. The molecule has 2 heterocycles. The molecule has 0 N–H and O–H groups in total. The third-order valence-corrected chi connectivity index (χ3v) is 10.9. The molecule has 0 spiro atoms. The molecule has 1 aromatic heterocycles. The molecular formula is C22H30Cl2N4O7S3. The van der Waals surface area contributed by atoms with E-state index in [4.69, 9.17) is 27.4 Å². The molecule has 1 aliphatic heterocycles. The number of piperazine rings is 1. The summed E-state index contributed by atoms with van der Waals surface area (Å²) in [6.07, 6.45) is -0.397. The number of alkyl halides is 2. The zero-order valence-electron chi connectivity index (χ0n) is 20.7. The highest BCUT2D eigenvalue weighted by molar-refractivity contribution is 7.89. The lowest BCUT2D eigenvalue weighted by Gasteiger charge is -2.31. The maximum Gasteiger partial charge on any atom is 0.328 e. The van der Waals surface area contributed by atoms with Crippen LogP contribution >= 0.6 is 34.5 Å². The Labute approximate surface area is 237 Å². The summed E-state index contributed by atoms with van der Waals surface area (Å²) in [5.74, 6) is 0.251. The van der Waals surface area contributed by atoms with Gasteiger partial charge in [0.05, 0.1) is 16.2 Å². The molecule has 1 aromatic carbocycles. The number of hydrogen-bond acceptors (Lipinski definition) is 10. The van der Waals surface area contributed by atoms with Gasteiger partial charge in [0.1, 0.15) is 11.0 Å². The summed E-state index contributed by atoms with van der Waals surface area (Å²) in [7, 11) is -6.42. The first-order chi connectivity index (χ1) is 18.0. The molecule has 1 aliphatic rings. The minimum absolute atomic E-state index is 0.00439. The highest BCUT2D eigenvalue weighted by Crippen LogP contribution is 2.38. The van der Waals surface area contributed by atoms with Crippen LogP contribution in [0.5, 0.6) is 5.75 Å². The summed E-state index contributed by atoms with van der Waals surface area (Å²) in [6, 6.07) is 7.56. The van der Waals surface area contributed by atoms with Gasteiger partial charge in [-0.05, 0) is 49.2 Å². The van der Waals surface area contributed by atoms with E-state index < -0.39 is 42.5 Å². The lowest BCUT2D eigenvalue weighted by atomic mass is 10.2. The van der Waals surface area contributed by atoms with Crippen LogP contribution < -0.4 is 9.08 Å². The maximum atomic E-state index is 13.4. The monoisotopic (exact) mass is 628 g/mol. The van der Waals surface area contributed by atoms with Crippen molar-refractivity contribution < 1.29 is 25.9 Å². The number of sulfonamides is 1. The van der Waals surface area contributed by atoms with E-state index in [-0.39, 0.29) is 16.3 Å². The van der Waals surface area contributed by atoms with E-state index in [1.54, 1.807) is 12.1 Å². The van der Waals surface area contributed by atoms with Crippen molar-refractivity contribution in [2.24, 2.45) is 0 Å². The van der Waals surface area contributed by atoms with Gasteiger partial charge in [-0.15, -0.1) is 23.2 Å². The zero-order valence-corrected chi connectivity index (χ0v) is 24.7. The quantitative estimate of drug-likeness (QED) is 0.134. The molecule has 212 valence electrons. The van der Waals surface area contributed by atoms with E-state index in [1.807, 2.05) is 16.8 Å². The summed E-state index contributed by atoms with van der Waals surface area (Å²) < 4.78 is 59.6. The Morgan fingerprint density at radius 2 is 1.66 bits per heavy atom. The molecule has 1 saturated heterocycles. The summed E-state index contributed by atoms with van der Waals surface area (Å²) in [5, 5.41) is 11.1. The number of hydrogen-bond donors (Lipinski definition) is 0. The first-order valence-electron chi connectivity index (χ1n) is 11.8. The molecule has 1 fully saturated rings. The van der Waals surface area contributed by atoms with Crippen LogP contribution in [0.4, 0.5) is 10.7 Å². The van der Waals surface area contributed by atoms with Gasteiger partial charge in [0.15, 0.2) is 0 Å². The standard InChI is InChI=1S/C22H30Cl2N4O7S3/c1-25-12-14-27(15-13-25)37(31,32)17-7-21(20-6-16-36-22(20)28(29)30)38(33,34)35-19-4-2-18(3-5-19)26(10-8-23)11-9-24/h2-6,16,21H,7-15,17H2,1H3. The SMILES string of the molecule is CN1CCN(S(=O)(=O)CCC(c2ccsc2[N+](=O)[O-])S(=O)(=O)Oc2ccc(N(CCCl)CCCl)cc2)CC1. The lowest BCUT2D eigenvalue weighted by molar-refractivity contribution is -0.380. The summed E-state index contributed by atoms with van der Waals surface area (Å²) in [4.78, 5) is 14.8. The Morgan fingerprint density at radius 1 is 1.05 bits per heavy atom. The van der Waals surface area contributed by atoms with Crippen LogP contribution in [0, 0.1) is 10.1 Å². The van der Waals surface area contributed by atoms with E-state index in [0.29, 0.717) is 51.0 Å². The van der Waals surface area contributed by atoms with Crippen LogP contribution in [-0.4, -0.2) is 94.8 Å². The molecule has 1 unspecified atom stereocenters. The fourth-order valence-electron chi connectivity index (χ4n) is 4.09. The first-order valence-corrected chi connectivity index (χ1v) is 16.8. The molecule has 16 heteroatoms. The summed E-state index contributed by atoms with van der Waals surface area (Å²) >= 11 is 12.5. The summed E-state index contributed by atoms with van der Waals surface area (Å²) in [5.41, 5.74) is 0.667. The van der Waals surface area contributed by atoms with Crippen LogP contribution in [0.25, 0.3) is 0 Å². The van der Waals surface area contributed by atoms with Crippen molar-refractivity contribution in [3.63, 3.8) is 0 Å². The van der Waals surface area contributed by atoms with E-state index in [2.05, 4.69) is 0 Å². The van der Waals surface area contributed by atoms with Crippen LogP contribution in [0.2, 0.25) is 0 Å². The molecule has 0 bridgehead atoms. The largest absolute Gasteiger partial charge is 0.382 e. The number of thiophene rings is 1. The van der Waals surface area contributed by atoms with Crippen LogP contribution in [0.3, 0.4) is 0 Å². The molecule has 1 atom stereocenters.